The highest BCUT2D eigenvalue weighted by molar-refractivity contribution is 6.40. The Balaban J connectivity index is 1.90. The zero-order chi connectivity index (χ0) is 18.3. The van der Waals surface area contributed by atoms with E-state index in [-0.39, 0.29) is 15.7 Å². The molecule has 0 aliphatic rings. The summed E-state index contributed by atoms with van der Waals surface area (Å²) < 4.78 is 11.1. The molecule has 1 N–H and O–H groups in total. The normalized spacial score (nSPS) is 11.0. The minimum atomic E-state index is -0.410. The first kappa shape index (κ1) is 16.6. The summed E-state index contributed by atoms with van der Waals surface area (Å²) in [5, 5.41) is 12.1. The molecule has 26 heavy (non-hydrogen) atoms. The topological polar surface area (TPSA) is 90.1 Å². The van der Waals surface area contributed by atoms with Gasteiger partial charge in [-0.05, 0) is 12.1 Å². The van der Waals surface area contributed by atoms with Crippen LogP contribution in [0.1, 0.15) is 10.4 Å². The van der Waals surface area contributed by atoms with Crippen molar-refractivity contribution in [2.75, 3.05) is 12.4 Å². The number of furan rings is 1. The lowest BCUT2D eigenvalue weighted by Crippen LogP contribution is -2.13. The molecule has 0 saturated carbocycles. The van der Waals surface area contributed by atoms with Gasteiger partial charge in [0.2, 0.25) is 0 Å². The van der Waals surface area contributed by atoms with Crippen LogP contribution in [0.25, 0.3) is 21.9 Å². The lowest BCUT2D eigenvalue weighted by Gasteiger charge is -2.10. The zero-order valence-corrected chi connectivity index (χ0v) is 14.8. The Morgan fingerprint density at radius 1 is 1.12 bits per heavy atom. The maximum absolute atomic E-state index is 12.9. The Morgan fingerprint density at radius 3 is 2.58 bits per heavy atom. The minimum absolute atomic E-state index is 0.235. The monoisotopic (exact) mass is 388 g/mol. The third-order valence-corrected chi connectivity index (χ3v) is 4.43. The number of nitrogens with one attached hydrogen (secondary N) is 1. The fourth-order valence-corrected chi connectivity index (χ4v) is 3.14. The first-order valence-corrected chi connectivity index (χ1v) is 8.16. The second kappa shape index (κ2) is 6.44. The van der Waals surface area contributed by atoms with E-state index >= 15 is 0 Å². The molecule has 1 aromatic carbocycles. The molecule has 3 aromatic heterocycles. The van der Waals surface area contributed by atoms with Crippen molar-refractivity contribution >= 4 is 56.7 Å². The molecule has 0 radical (unpaired) electrons. The predicted molar refractivity (Wildman–Crippen MR) is 98.1 cm³/mol. The number of benzene rings is 1. The Kier molecular flexibility index (Phi) is 4.10. The van der Waals surface area contributed by atoms with Crippen molar-refractivity contribution < 1.29 is 13.9 Å². The van der Waals surface area contributed by atoms with E-state index < -0.39 is 5.91 Å². The standard InChI is InChI=1S/C17H10Cl2N4O3/c1-25-12-3-2-8(14-9-4-21-22-7-13(9)26-16(12)14)17(24)23-15-10(18)5-20-6-11(15)19/h2-7H,1H3,(H,20,23,24). The van der Waals surface area contributed by atoms with E-state index in [1.54, 1.807) is 12.1 Å². The van der Waals surface area contributed by atoms with Gasteiger partial charge in [0, 0.05) is 17.8 Å². The maximum Gasteiger partial charge on any atom is 0.256 e. The molecule has 4 aromatic rings. The first-order chi connectivity index (χ1) is 12.6. The molecule has 0 atom stereocenters. The summed E-state index contributed by atoms with van der Waals surface area (Å²) in [6.07, 6.45) is 5.81. The van der Waals surface area contributed by atoms with Crippen molar-refractivity contribution in [3.63, 3.8) is 0 Å². The van der Waals surface area contributed by atoms with Gasteiger partial charge in [0.05, 0.1) is 46.2 Å². The lowest BCUT2D eigenvalue weighted by atomic mass is 10.1. The molecular formula is C17H10Cl2N4O3. The Labute approximate surface area is 156 Å². The summed E-state index contributed by atoms with van der Waals surface area (Å²) >= 11 is 12.2. The number of amides is 1. The van der Waals surface area contributed by atoms with Crippen molar-refractivity contribution in [3.8, 4) is 5.75 Å². The fraction of sp³-hybridized carbons (Fsp3) is 0.0588. The summed E-state index contributed by atoms with van der Waals surface area (Å²) in [6.45, 7) is 0. The SMILES string of the molecule is COc1ccc(C(=O)Nc2c(Cl)cncc2Cl)c2c1oc1cnncc12. The number of carbonyl (C=O) groups excluding carboxylic acids is 1. The third-order valence-electron chi connectivity index (χ3n) is 3.85. The van der Waals surface area contributed by atoms with Gasteiger partial charge in [-0.2, -0.15) is 10.2 Å². The Bertz CT molecular complexity index is 1140. The number of hydrogen-bond donors (Lipinski definition) is 1. The average molecular weight is 389 g/mol. The van der Waals surface area contributed by atoms with Crippen LogP contribution in [0, 0.1) is 0 Å². The summed E-state index contributed by atoms with van der Waals surface area (Å²) in [5.74, 6) is 0.0832. The quantitative estimate of drug-likeness (QED) is 0.561. The number of hydrogen-bond acceptors (Lipinski definition) is 6. The third kappa shape index (κ3) is 2.61. The summed E-state index contributed by atoms with van der Waals surface area (Å²) in [5.41, 5.74) is 1.56. The van der Waals surface area contributed by atoms with Gasteiger partial charge in [-0.3, -0.25) is 9.78 Å². The number of pyridine rings is 1. The van der Waals surface area contributed by atoms with Crippen molar-refractivity contribution in [2.45, 2.75) is 0 Å². The van der Waals surface area contributed by atoms with E-state index in [1.807, 2.05) is 0 Å². The van der Waals surface area contributed by atoms with Crippen molar-refractivity contribution in [1.82, 2.24) is 15.2 Å². The van der Waals surface area contributed by atoms with Gasteiger partial charge in [0.15, 0.2) is 16.9 Å². The summed E-state index contributed by atoms with van der Waals surface area (Å²) in [6, 6.07) is 3.28. The van der Waals surface area contributed by atoms with Crippen molar-refractivity contribution in [1.29, 1.82) is 0 Å². The van der Waals surface area contributed by atoms with E-state index in [0.29, 0.717) is 33.3 Å². The summed E-state index contributed by atoms with van der Waals surface area (Å²) in [7, 11) is 1.52. The number of ether oxygens (including phenoxy) is 1. The Morgan fingerprint density at radius 2 is 1.85 bits per heavy atom. The number of fused-ring (bicyclic) bond motifs is 3. The van der Waals surface area contributed by atoms with Crippen molar-refractivity contribution in [2.24, 2.45) is 0 Å². The smallest absolute Gasteiger partial charge is 0.256 e. The molecule has 0 spiro atoms. The van der Waals surface area contributed by atoms with E-state index in [9.17, 15) is 4.79 Å². The second-order valence-electron chi connectivity index (χ2n) is 5.32. The number of nitrogens with zero attached hydrogens (tertiary/aromatic N) is 3. The second-order valence-corrected chi connectivity index (χ2v) is 6.14. The molecule has 9 heteroatoms. The highest BCUT2D eigenvalue weighted by Gasteiger charge is 2.21. The van der Waals surface area contributed by atoms with Gasteiger partial charge in [-0.15, -0.1) is 0 Å². The van der Waals surface area contributed by atoms with Crippen LogP contribution in [0.5, 0.6) is 5.75 Å². The molecule has 0 aliphatic heterocycles. The van der Waals surface area contributed by atoms with E-state index in [1.165, 1.54) is 31.9 Å². The zero-order valence-electron chi connectivity index (χ0n) is 13.3. The molecule has 3 heterocycles. The average Bonchev–Trinajstić information content (AvgIpc) is 3.03. The van der Waals surface area contributed by atoms with Crippen LogP contribution >= 0.6 is 23.2 Å². The molecule has 4 rings (SSSR count). The van der Waals surface area contributed by atoms with Gasteiger partial charge >= 0.3 is 0 Å². The largest absolute Gasteiger partial charge is 0.493 e. The molecule has 0 aliphatic carbocycles. The molecule has 0 saturated heterocycles. The molecule has 1 amide bonds. The van der Waals surface area contributed by atoms with Crippen LogP contribution in [-0.2, 0) is 0 Å². The van der Waals surface area contributed by atoms with E-state index in [4.69, 9.17) is 32.4 Å². The number of aromatic nitrogens is 3. The number of carbonyl (C=O) groups is 1. The van der Waals surface area contributed by atoms with Crippen LogP contribution in [0.15, 0.2) is 41.3 Å². The van der Waals surface area contributed by atoms with Gasteiger partial charge in [-0.25, -0.2) is 0 Å². The fourth-order valence-electron chi connectivity index (χ4n) is 2.68. The van der Waals surface area contributed by atoms with Crippen molar-refractivity contribution in [3.05, 3.63) is 52.5 Å². The van der Waals surface area contributed by atoms with Gasteiger partial charge < -0.3 is 14.5 Å². The van der Waals surface area contributed by atoms with E-state index in [0.717, 1.165) is 0 Å². The highest BCUT2D eigenvalue weighted by atomic mass is 35.5. The van der Waals surface area contributed by atoms with E-state index in [2.05, 4.69) is 20.5 Å². The molecule has 130 valence electrons. The molecular weight excluding hydrogens is 379 g/mol. The van der Waals surface area contributed by atoms with Gasteiger partial charge in [-0.1, -0.05) is 23.2 Å². The van der Waals surface area contributed by atoms with Crippen LogP contribution in [0.3, 0.4) is 0 Å². The van der Waals surface area contributed by atoms with Gasteiger partial charge in [0.25, 0.3) is 5.91 Å². The number of rotatable bonds is 3. The van der Waals surface area contributed by atoms with Crippen LogP contribution in [0.4, 0.5) is 5.69 Å². The van der Waals surface area contributed by atoms with Gasteiger partial charge in [0.1, 0.15) is 0 Å². The first-order valence-electron chi connectivity index (χ1n) is 7.40. The summed E-state index contributed by atoms with van der Waals surface area (Å²) in [4.78, 5) is 16.8. The number of methoxy groups -OCH3 is 1. The minimum Gasteiger partial charge on any atom is -0.493 e. The predicted octanol–water partition coefficient (Wildman–Crippen LogP) is 4.34. The van der Waals surface area contributed by atoms with Crippen LogP contribution in [-0.4, -0.2) is 28.2 Å². The Hall–Kier alpha value is -2.90. The highest BCUT2D eigenvalue weighted by Crippen LogP contribution is 2.37. The van der Waals surface area contributed by atoms with Crippen LogP contribution < -0.4 is 10.1 Å². The molecule has 0 unspecified atom stereocenters. The molecule has 0 bridgehead atoms. The maximum atomic E-state index is 12.9. The number of anilines is 1. The molecule has 0 fully saturated rings. The molecule has 7 nitrogen and oxygen atoms in total. The van der Waals surface area contributed by atoms with Crippen LogP contribution in [0.2, 0.25) is 10.0 Å². The number of halogens is 2. The lowest BCUT2D eigenvalue weighted by molar-refractivity contribution is 0.102.